The number of nitrogens with one attached hydrogen (secondary N) is 1. The van der Waals surface area contributed by atoms with Gasteiger partial charge in [-0.3, -0.25) is 0 Å². The van der Waals surface area contributed by atoms with E-state index in [1.165, 1.54) is 39.4 Å². The summed E-state index contributed by atoms with van der Waals surface area (Å²) in [6, 6.07) is 18.3. The van der Waals surface area contributed by atoms with Crippen LogP contribution in [0.1, 0.15) is 64.2 Å². The molecule has 6 heteroatoms. The van der Waals surface area contributed by atoms with E-state index < -0.39 is 0 Å². The van der Waals surface area contributed by atoms with Crippen LogP contribution >= 0.6 is 11.3 Å². The van der Waals surface area contributed by atoms with E-state index in [4.69, 9.17) is 4.74 Å². The standard InChI is InChI=1S/C31H33N3O2S/c1-4-36-23-14-12-22(13-15-23)29-27-9-7-17-33(27)30-25(24-8-5-6-10-28(24)37-30)19-34(29)31(35)32-26-16-11-20(2)18-21(26)3/h7,9,11-18,29H,4-6,8,10,19H2,1-3H3,(H,32,35)/t29-/m0/s1. The smallest absolute Gasteiger partial charge is 0.322 e. The first-order valence-electron chi connectivity index (χ1n) is 13.2. The Morgan fingerprint density at radius 3 is 2.65 bits per heavy atom. The molecule has 1 atom stereocenters. The summed E-state index contributed by atoms with van der Waals surface area (Å²) in [5, 5.41) is 4.52. The van der Waals surface area contributed by atoms with Gasteiger partial charge >= 0.3 is 6.03 Å². The lowest BCUT2D eigenvalue weighted by molar-refractivity contribution is 0.194. The summed E-state index contributed by atoms with van der Waals surface area (Å²) in [7, 11) is 0. The second-order valence-corrected chi connectivity index (χ2v) is 11.2. The van der Waals surface area contributed by atoms with Gasteiger partial charge in [-0.15, -0.1) is 11.3 Å². The molecule has 2 amide bonds. The molecule has 0 spiro atoms. The zero-order chi connectivity index (χ0) is 25.5. The average molecular weight is 512 g/mol. The highest BCUT2D eigenvalue weighted by Gasteiger charge is 2.36. The number of aromatic nitrogens is 1. The van der Waals surface area contributed by atoms with Gasteiger partial charge in [-0.25, -0.2) is 4.79 Å². The average Bonchev–Trinajstić information content (AvgIpc) is 3.48. The largest absolute Gasteiger partial charge is 0.494 e. The van der Waals surface area contributed by atoms with Crippen molar-refractivity contribution in [2.75, 3.05) is 11.9 Å². The zero-order valence-corrected chi connectivity index (χ0v) is 22.5. The minimum atomic E-state index is -0.227. The number of anilines is 1. The number of carbonyl (C=O) groups excluding carboxylic acids is 1. The van der Waals surface area contributed by atoms with Crippen molar-refractivity contribution in [3.63, 3.8) is 0 Å². The monoisotopic (exact) mass is 511 g/mol. The third kappa shape index (κ3) is 4.33. The minimum Gasteiger partial charge on any atom is -0.494 e. The first-order valence-corrected chi connectivity index (χ1v) is 14.0. The molecule has 2 aliphatic rings. The quantitative estimate of drug-likeness (QED) is 0.307. The Morgan fingerprint density at radius 1 is 1.05 bits per heavy atom. The highest BCUT2D eigenvalue weighted by molar-refractivity contribution is 7.15. The van der Waals surface area contributed by atoms with Gasteiger partial charge in [0, 0.05) is 22.3 Å². The van der Waals surface area contributed by atoms with Gasteiger partial charge in [0.1, 0.15) is 10.8 Å². The second kappa shape index (κ2) is 9.75. The highest BCUT2D eigenvalue weighted by Crippen LogP contribution is 2.44. The molecular formula is C31H33N3O2S. The number of benzene rings is 2. The number of urea groups is 1. The van der Waals surface area contributed by atoms with E-state index in [-0.39, 0.29) is 12.1 Å². The molecule has 0 fully saturated rings. The van der Waals surface area contributed by atoms with Gasteiger partial charge in [-0.05, 0) is 93.5 Å². The molecule has 0 bridgehead atoms. The summed E-state index contributed by atoms with van der Waals surface area (Å²) in [4.78, 5) is 17.6. The van der Waals surface area contributed by atoms with Crippen molar-refractivity contribution in [1.29, 1.82) is 0 Å². The Bertz CT molecular complexity index is 1450. The molecule has 0 saturated heterocycles. The van der Waals surface area contributed by atoms with E-state index >= 15 is 0 Å². The SMILES string of the molecule is CCOc1ccc([C@H]2c3cccn3-c3sc4c(c3CN2C(=O)Nc2ccc(C)cc2C)CCCC4)cc1. The van der Waals surface area contributed by atoms with Crippen LogP contribution in [0.2, 0.25) is 0 Å². The minimum absolute atomic E-state index is 0.0813. The molecule has 4 aromatic rings. The van der Waals surface area contributed by atoms with Gasteiger partial charge in [0.25, 0.3) is 0 Å². The molecule has 0 saturated carbocycles. The van der Waals surface area contributed by atoms with Gasteiger partial charge in [-0.1, -0.05) is 29.8 Å². The topological polar surface area (TPSA) is 46.5 Å². The van der Waals surface area contributed by atoms with Crippen LogP contribution in [0.15, 0.2) is 60.8 Å². The van der Waals surface area contributed by atoms with Crippen LogP contribution in [-0.2, 0) is 19.4 Å². The van der Waals surface area contributed by atoms with Crippen LogP contribution < -0.4 is 10.1 Å². The number of rotatable bonds is 4. The first kappa shape index (κ1) is 23.9. The molecule has 5 nitrogen and oxygen atoms in total. The number of amides is 2. The molecule has 37 heavy (non-hydrogen) atoms. The van der Waals surface area contributed by atoms with E-state index in [0.29, 0.717) is 13.2 Å². The molecule has 3 heterocycles. The fourth-order valence-electron chi connectivity index (χ4n) is 5.79. The summed E-state index contributed by atoms with van der Waals surface area (Å²) in [5.74, 6) is 0.842. The van der Waals surface area contributed by atoms with Gasteiger partial charge in [0.2, 0.25) is 0 Å². The molecule has 1 aliphatic heterocycles. The van der Waals surface area contributed by atoms with Crippen molar-refractivity contribution < 1.29 is 9.53 Å². The molecule has 0 radical (unpaired) electrons. The Morgan fingerprint density at radius 2 is 1.86 bits per heavy atom. The normalized spacial score (nSPS) is 16.4. The molecule has 190 valence electrons. The molecule has 1 aliphatic carbocycles. The van der Waals surface area contributed by atoms with Gasteiger partial charge < -0.3 is 19.5 Å². The summed E-state index contributed by atoms with van der Waals surface area (Å²) in [5.41, 5.74) is 8.06. The predicted octanol–water partition coefficient (Wildman–Crippen LogP) is 7.57. The van der Waals surface area contributed by atoms with E-state index in [0.717, 1.165) is 41.1 Å². The third-order valence-electron chi connectivity index (χ3n) is 7.57. The van der Waals surface area contributed by atoms with Crippen LogP contribution in [0, 0.1) is 13.8 Å². The lowest BCUT2D eigenvalue weighted by Gasteiger charge is -2.31. The number of aryl methyl sites for hydroxylation is 3. The highest BCUT2D eigenvalue weighted by atomic mass is 32.1. The maximum Gasteiger partial charge on any atom is 0.322 e. The fourth-order valence-corrected chi connectivity index (χ4v) is 7.20. The van der Waals surface area contributed by atoms with Crippen molar-refractivity contribution in [3.8, 4) is 10.8 Å². The molecule has 1 N–H and O–H groups in total. The maximum absolute atomic E-state index is 14.1. The molecular weight excluding hydrogens is 478 g/mol. The summed E-state index contributed by atoms with van der Waals surface area (Å²) in [6.07, 6.45) is 6.85. The zero-order valence-electron chi connectivity index (χ0n) is 21.7. The van der Waals surface area contributed by atoms with Gasteiger partial charge in [0.05, 0.1) is 24.9 Å². The Labute approximate surface area is 222 Å². The Hall–Kier alpha value is -3.51. The van der Waals surface area contributed by atoms with E-state index in [2.05, 4.69) is 53.3 Å². The van der Waals surface area contributed by atoms with Crippen LogP contribution in [0.4, 0.5) is 10.5 Å². The third-order valence-corrected chi connectivity index (χ3v) is 8.90. The van der Waals surface area contributed by atoms with Crippen molar-refractivity contribution in [3.05, 3.63) is 99.2 Å². The van der Waals surface area contributed by atoms with Crippen LogP contribution in [0.5, 0.6) is 5.75 Å². The van der Waals surface area contributed by atoms with E-state index in [9.17, 15) is 4.79 Å². The van der Waals surface area contributed by atoms with Crippen LogP contribution in [0.25, 0.3) is 5.00 Å². The number of ether oxygens (including phenoxy) is 1. The van der Waals surface area contributed by atoms with Crippen molar-refractivity contribution in [1.82, 2.24) is 9.47 Å². The first-order chi connectivity index (χ1) is 18.0. The molecule has 2 aromatic carbocycles. The molecule has 0 unspecified atom stereocenters. The molecule has 6 rings (SSSR count). The summed E-state index contributed by atoms with van der Waals surface area (Å²) < 4.78 is 8.03. The predicted molar refractivity (Wildman–Crippen MR) is 150 cm³/mol. The number of fused-ring (bicyclic) bond motifs is 5. The summed E-state index contributed by atoms with van der Waals surface area (Å²) >= 11 is 1.91. The van der Waals surface area contributed by atoms with Gasteiger partial charge in [-0.2, -0.15) is 0 Å². The van der Waals surface area contributed by atoms with Crippen LogP contribution in [0.3, 0.4) is 0 Å². The Kier molecular flexibility index (Phi) is 6.29. The summed E-state index contributed by atoms with van der Waals surface area (Å²) in [6.45, 7) is 7.32. The van der Waals surface area contributed by atoms with Crippen molar-refractivity contribution in [2.24, 2.45) is 0 Å². The van der Waals surface area contributed by atoms with Crippen molar-refractivity contribution in [2.45, 2.75) is 59.0 Å². The molecule has 2 aromatic heterocycles. The lowest BCUT2D eigenvalue weighted by Crippen LogP contribution is -2.38. The van der Waals surface area contributed by atoms with E-state index in [1.54, 1.807) is 0 Å². The number of nitrogens with zero attached hydrogens (tertiary/aromatic N) is 2. The number of carbonyl (C=O) groups is 1. The van der Waals surface area contributed by atoms with Crippen molar-refractivity contribution >= 4 is 23.1 Å². The number of hydrogen-bond acceptors (Lipinski definition) is 3. The fraction of sp³-hybridized carbons (Fsp3) is 0.323. The van der Waals surface area contributed by atoms with E-state index in [1.807, 2.05) is 54.3 Å². The lowest BCUT2D eigenvalue weighted by atomic mass is 9.95. The Balaban J connectivity index is 1.47. The number of hydrogen-bond donors (Lipinski definition) is 1. The van der Waals surface area contributed by atoms with Gasteiger partial charge in [0.15, 0.2) is 0 Å². The maximum atomic E-state index is 14.1. The second-order valence-electron chi connectivity index (χ2n) is 10.1. The van der Waals surface area contributed by atoms with Crippen LogP contribution in [-0.4, -0.2) is 22.1 Å². The number of thiophene rings is 1.